The van der Waals surface area contributed by atoms with E-state index in [-0.39, 0.29) is 0 Å². The summed E-state index contributed by atoms with van der Waals surface area (Å²) < 4.78 is 2.40. The fourth-order valence-corrected chi connectivity index (χ4v) is 7.63. The lowest BCUT2D eigenvalue weighted by Gasteiger charge is -2.13. The maximum Gasteiger partial charge on any atom is 0.161 e. The van der Waals surface area contributed by atoms with E-state index in [1.165, 1.54) is 59.4 Å². The van der Waals surface area contributed by atoms with E-state index in [1.807, 2.05) is 0 Å². The molecule has 9 aromatic rings. The lowest BCUT2D eigenvalue weighted by Crippen LogP contribution is -2.05. The van der Waals surface area contributed by atoms with Crippen LogP contribution >= 0.6 is 0 Å². The molecule has 0 bridgehead atoms. The monoisotopic (exact) mass is 611 g/mol. The van der Waals surface area contributed by atoms with Crippen molar-refractivity contribution in [3.63, 3.8) is 0 Å². The van der Waals surface area contributed by atoms with E-state index in [0.717, 1.165) is 28.2 Å². The van der Waals surface area contributed by atoms with Gasteiger partial charge in [0.25, 0.3) is 0 Å². The van der Waals surface area contributed by atoms with Gasteiger partial charge in [-0.15, -0.1) is 0 Å². The van der Waals surface area contributed by atoms with Crippen molar-refractivity contribution < 1.29 is 0 Å². The molecule has 0 unspecified atom stereocenters. The molecule has 48 heavy (non-hydrogen) atoms. The summed E-state index contributed by atoms with van der Waals surface area (Å²) in [5.41, 5.74) is 5.41. The molecular weight excluding hydrogens is 583 g/mol. The van der Waals surface area contributed by atoms with Crippen LogP contribution in [0, 0.1) is 0 Å². The van der Waals surface area contributed by atoms with Gasteiger partial charge in [-0.25, -0.2) is 9.98 Å². The van der Waals surface area contributed by atoms with Crippen LogP contribution in [0.4, 0.5) is 0 Å². The average molecular weight is 612 g/mol. The van der Waals surface area contributed by atoms with Gasteiger partial charge in [-0.2, -0.15) is 0 Å². The number of aliphatic imine (C=N–C) groups is 2. The number of fused-ring (bicyclic) bond motifs is 11. The van der Waals surface area contributed by atoms with Crippen LogP contribution in [0.2, 0.25) is 0 Å². The minimum Gasteiger partial charge on any atom is -0.293 e. The highest BCUT2D eigenvalue weighted by atomic mass is 15.1. The first-order valence-electron chi connectivity index (χ1n) is 16.5. The van der Waals surface area contributed by atoms with Gasteiger partial charge in [0.15, 0.2) is 5.84 Å². The largest absolute Gasteiger partial charge is 0.293 e. The zero-order valence-corrected chi connectivity index (χ0v) is 26.1. The van der Waals surface area contributed by atoms with E-state index in [1.54, 1.807) is 0 Å². The minimum atomic E-state index is 0.653. The number of hydrogen-bond acceptors (Lipinski definition) is 2. The minimum absolute atomic E-state index is 0.653. The third-order valence-corrected chi connectivity index (χ3v) is 9.81. The van der Waals surface area contributed by atoms with Crippen LogP contribution in [0.15, 0.2) is 174 Å². The van der Waals surface area contributed by atoms with Gasteiger partial charge in [0.1, 0.15) is 5.82 Å². The summed E-state index contributed by atoms with van der Waals surface area (Å²) in [6, 6.07) is 56.4. The van der Waals surface area contributed by atoms with Crippen molar-refractivity contribution >= 4 is 82.3 Å². The van der Waals surface area contributed by atoms with Gasteiger partial charge in [0, 0.05) is 28.1 Å². The van der Waals surface area contributed by atoms with Crippen molar-refractivity contribution in [2.75, 3.05) is 0 Å². The third-order valence-electron chi connectivity index (χ3n) is 9.81. The molecule has 224 valence electrons. The smallest absolute Gasteiger partial charge is 0.161 e. The Kier molecular flexibility index (Phi) is 5.94. The van der Waals surface area contributed by atoms with E-state index >= 15 is 0 Å². The van der Waals surface area contributed by atoms with Crippen molar-refractivity contribution in [3.8, 4) is 0 Å². The van der Waals surface area contributed by atoms with Crippen LogP contribution < -0.4 is 0 Å². The van der Waals surface area contributed by atoms with Gasteiger partial charge in [-0.3, -0.25) is 4.57 Å². The maximum atomic E-state index is 5.49. The summed E-state index contributed by atoms with van der Waals surface area (Å²) in [6.45, 7) is 0. The van der Waals surface area contributed by atoms with Gasteiger partial charge < -0.3 is 0 Å². The maximum absolute atomic E-state index is 5.49. The summed E-state index contributed by atoms with van der Waals surface area (Å²) in [4.78, 5) is 10.8. The van der Waals surface area contributed by atoms with Gasteiger partial charge in [-0.05, 0) is 61.5 Å². The second-order valence-corrected chi connectivity index (χ2v) is 12.5. The number of rotatable bonds is 3. The van der Waals surface area contributed by atoms with Crippen molar-refractivity contribution in [1.29, 1.82) is 0 Å². The second-order valence-electron chi connectivity index (χ2n) is 12.5. The normalized spacial score (nSPS) is 13.7. The van der Waals surface area contributed by atoms with Crippen molar-refractivity contribution in [3.05, 3.63) is 175 Å². The topological polar surface area (TPSA) is 29.6 Å². The Bertz CT molecular complexity index is 2850. The first-order chi connectivity index (χ1) is 23.8. The van der Waals surface area contributed by atoms with Crippen LogP contribution in [0.3, 0.4) is 0 Å². The molecule has 1 aliphatic rings. The Balaban J connectivity index is 1.34. The molecule has 0 N–H and O–H groups in total. The molecule has 3 nitrogen and oxygen atoms in total. The number of hydrogen-bond donors (Lipinski definition) is 0. The third kappa shape index (κ3) is 4.08. The zero-order valence-electron chi connectivity index (χ0n) is 26.1. The molecule has 0 spiro atoms. The van der Waals surface area contributed by atoms with Gasteiger partial charge >= 0.3 is 0 Å². The van der Waals surface area contributed by atoms with Gasteiger partial charge in [-0.1, -0.05) is 146 Å². The molecule has 0 saturated heterocycles. The molecule has 8 aromatic carbocycles. The molecule has 0 fully saturated rings. The SMILES string of the molecule is C1=C(n2c3ccc4ccccc4c3c3c4ccccc4c4ccccc4c32)N=C(c2ccc3ccccc3c2)N=C(c2ccccc2)C1. The van der Waals surface area contributed by atoms with E-state index in [9.17, 15) is 0 Å². The van der Waals surface area contributed by atoms with Crippen molar-refractivity contribution in [2.45, 2.75) is 6.42 Å². The highest BCUT2D eigenvalue weighted by Crippen LogP contribution is 2.45. The van der Waals surface area contributed by atoms with Crippen LogP contribution in [0.5, 0.6) is 0 Å². The predicted molar refractivity (Wildman–Crippen MR) is 204 cm³/mol. The molecule has 1 aromatic heterocycles. The van der Waals surface area contributed by atoms with Crippen LogP contribution in [-0.2, 0) is 0 Å². The summed E-state index contributed by atoms with van der Waals surface area (Å²) in [7, 11) is 0. The molecule has 0 atom stereocenters. The first kappa shape index (κ1) is 26.9. The van der Waals surface area contributed by atoms with Gasteiger partial charge in [0.05, 0.1) is 16.7 Å². The summed E-state index contributed by atoms with van der Waals surface area (Å²) in [5.74, 6) is 1.59. The molecule has 10 rings (SSSR count). The quantitative estimate of drug-likeness (QED) is 0.178. The molecule has 2 heterocycles. The highest BCUT2D eigenvalue weighted by molar-refractivity contribution is 6.36. The summed E-state index contributed by atoms with van der Waals surface area (Å²) in [6.07, 6.45) is 2.91. The summed E-state index contributed by atoms with van der Waals surface area (Å²) >= 11 is 0. The average Bonchev–Trinajstić information content (AvgIpc) is 3.36. The Hall–Kier alpha value is -6.32. The number of aromatic nitrogens is 1. The summed E-state index contributed by atoms with van der Waals surface area (Å²) in [5, 5.41) is 12.3. The number of nitrogens with zero attached hydrogens (tertiary/aromatic N) is 3. The molecule has 0 amide bonds. The zero-order chi connectivity index (χ0) is 31.6. The van der Waals surface area contributed by atoms with Gasteiger partial charge in [0.2, 0.25) is 0 Å². The standard InChI is InChI=1S/C45H29N3/c1-2-14-31(15-3-1)39-25-27-41(47-45(46-39)33-23-22-29-12-4-5-16-32(29)28-33)48-40-26-24-30-13-6-7-17-34(30)42(40)43-37-20-10-8-18-35(37)36-19-9-11-21-38(36)44(43)48/h1-24,26-28H,25H2. The molecule has 0 saturated carbocycles. The van der Waals surface area contributed by atoms with E-state index < -0.39 is 0 Å². The number of amidine groups is 1. The fourth-order valence-electron chi connectivity index (χ4n) is 7.63. The molecule has 0 aliphatic carbocycles. The van der Waals surface area contributed by atoms with Crippen molar-refractivity contribution in [1.82, 2.24) is 4.57 Å². The van der Waals surface area contributed by atoms with E-state index in [0.29, 0.717) is 12.3 Å². The lowest BCUT2D eigenvalue weighted by atomic mass is 9.95. The molecular formula is C45H29N3. The number of allylic oxidation sites excluding steroid dienone is 1. The molecule has 3 heteroatoms. The second kappa shape index (κ2) is 10.6. The molecule has 1 aliphatic heterocycles. The predicted octanol–water partition coefficient (Wildman–Crippen LogP) is 11.5. The van der Waals surface area contributed by atoms with E-state index in [2.05, 4.69) is 168 Å². The highest BCUT2D eigenvalue weighted by Gasteiger charge is 2.23. The molecule has 0 radical (unpaired) electrons. The van der Waals surface area contributed by atoms with E-state index in [4.69, 9.17) is 9.98 Å². The van der Waals surface area contributed by atoms with Crippen LogP contribution in [0.25, 0.3) is 70.7 Å². The Morgan fingerprint density at radius 1 is 0.438 bits per heavy atom. The Morgan fingerprint density at radius 2 is 1.06 bits per heavy atom. The number of benzene rings is 8. The van der Waals surface area contributed by atoms with Crippen molar-refractivity contribution in [2.24, 2.45) is 9.98 Å². The fraction of sp³-hybridized carbons (Fsp3) is 0.0222. The van der Waals surface area contributed by atoms with Crippen LogP contribution in [-0.4, -0.2) is 16.1 Å². The first-order valence-corrected chi connectivity index (χ1v) is 16.5. The van der Waals surface area contributed by atoms with Crippen LogP contribution in [0.1, 0.15) is 17.5 Å². The Labute approximate surface area is 277 Å². The lowest BCUT2D eigenvalue weighted by molar-refractivity contribution is 1.17. The Morgan fingerprint density at radius 3 is 1.88 bits per heavy atom.